The molecular weight excluding hydrogens is 190 g/mol. The molecule has 7 nitrogen and oxygen atoms in total. The maximum atomic E-state index is 10.5. The van der Waals surface area contributed by atoms with Gasteiger partial charge in [0.1, 0.15) is 11.5 Å². The van der Waals surface area contributed by atoms with Crippen molar-refractivity contribution in [1.29, 1.82) is 0 Å². The molecule has 0 aliphatic carbocycles. The second-order valence-electron chi connectivity index (χ2n) is 2.56. The Bertz CT molecular complexity index is 263. The lowest BCUT2D eigenvalue weighted by molar-refractivity contribution is -0.237. The van der Waals surface area contributed by atoms with Crippen LogP contribution in [0.5, 0.6) is 0 Å². The van der Waals surface area contributed by atoms with Gasteiger partial charge in [0.25, 0.3) is 10.1 Å². The van der Waals surface area contributed by atoms with E-state index in [1.165, 1.54) is 0 Å². The van der Waals surface area contributed by atoms with Crippen molar-refractivity contribution in [1.82, 2.24) is 5.06 Å². The van der Waals surface area contributed by atoms with Crippen molar-refractivity contribution in [2.45, 2.75) is 24.1 Å². The first kappa shape index (κ1) is 9.84. The Hall–Kier alpha value is -0.250. The topological polar surface area (TPSA) is 118 Å². The van der Waals surface area contributed by atoms with Gasteiger partial charge in [-0.3, -0.25) is 4.55 Å². The van der Waals surface area contributed by atoms with Gasteiger partial charge in [-0.25, -0.2) is 0 Å². The van der Waals surface area contributed by atoms with Crippen LogP contribution in [0, 0.1) is 0 Å². The summed E-state index contributed by atoms with van der Waals surface area (Å²) in [7, 11) is -4.43. The van der Waals surface area contributed by atoms with Crippen molar-refractivity contribution in [3.63, 3.8) is 0 Å². The average Bonchev–Trinajstić information content (AvgIpc) is 2.15. The van der Waals surface area contributed by atoms with Gasteiger partial charge in [0, 0.05) is 6.42 Å². The highest BCUT2D eigenvalue weighted by Crippen LogP contribution is 2.24. The molecule has 0 bridgehead atoms. The highest BCUT2D eigenvalue weighted by Gasteiger charge is 2.45. The van der Waals surface area contributed by atoms with Gasteiger partial charge in [-0.05, 0) is 0 Å². The molecule has 3 atom stereocenters. The lowest BCUT2D eigenvalue weighted by atomic mass is 10.3. The second-order valence-corrected chi connectivity index (χ2v) is 4.20. The Labute approximate surface area is 68.6 Å². The second kappa shape index (κ2) is 2.91. The minimum Gasteiger partial charge on any atom is -0.376 e. The minimum absolute atomic E-state index is 0.0818. The Kier molecular flexibility index (Phi) is 2.38. The molecule has 8 heteroatoms. The normalized spacial score (nSPS) is 38.8. The molecule has 0 aromatic heterocycles. The third-order valence-electron chi connectivity index (χ3n) is 1.73. The molecule has 0 radical (unpaired) electrons. The summed E-state index contributed by atoms with van der Waals surface area (Å²) in [5.41, 5.74) is 0. The van der Waals surface area contributed by atoms with Gasteiger partial charge in [-0.2, -0.15) is 8.42 Å². The lowest BCUT2D eigenvalue weighted by Crippen LogP contribution is -2.38. The molecule has 1 aliphatic heterocycles. The molecule has 1 rings (SSSR count). The van der Waals surface area contributed by atoms with E-state index in [1.54, 1.807) is 0 Å². The summed E-state index contributed by atoms with van der Waals surface area (Å²) in [4.78, 5) is 0. The minimum atomic E-state index is -4.43. The van der Waals surface area contributed by atoms with Gasteiger partial charge in [0.2, 0.25) is 0 Å². The molecule has 1 saturated heterocycles. The molecule has 1 aliphatic rings. The van der Waals surface area contributed by atoms with E-state index in [-0.39, 0.29) is 5.06 Å². The first-order valence-electron chi connectivity index (χ1n) is 3.13. The van der Waals surface area contributed by atoms with Crippen molar-refractivity contribution in [2.24, 2.45) is 0 Å². The number of rotatable bonds is 1. The van der Waals surface area contributed by atoms with E-state index in [1.807, 2.05) is 0 Å². The third kappa shape index (κ3) is 1.58. The summed E-state index contributed by atoms with van der Waals surface area (Å²) in [6, 6.07) is 0. The summed E-state index contributed by atoms with van der Waals surface area (Å²) < 4.78 is 29.5. The molecule has 0 aromatic carbocycles. The van der Waals surface area contributed by atoms with Gasteiger partial charge < -0.3 is 15.4 Å². The summed E-state index contributed by atoms with van der Waals surface area (Å²) in [5, 5.41) is 25.1. The van der Waals surface area contributed by atoms with Crippen LogP contribution in [0.1, 0.15) is 6.42 Å². The fraction of sp³-hybridized carbons (Fsp3) is 1.00. The maximum absolute atomic E-state index is 10.5. The molecule has 1 fully saturated rings. The van der Waals surface area contributed by atoms with Crippen molar-refractivity contribution in [3.05, 3.63) is 0 Å². The Morgan fingerprint density at radius 3 is 2.00 bits per heavy atom. The molecular formula is C4H9NO6S. The Morgan fingerprint density at radius 1 is 1.33 bits per heavy atom. The molecule has 3 unspecified atom stereocenters. The smallest absolute Gasteiger partial charge is 0.271 e. The number of hydrogen-bond donors (Lipinski definition) is 4. The lowest BCUT2D eigenvalue weighted by Gasteiger charge is -2.16. The predicted octanol–water partition coefficient (Wildman–Crippen LogP) is -2.03. The van der Waals surface area contributed by atoms with Crippen LogP contribution in [-0.4, -0.2) is 51.2 Å². The third-order valence-corrected chi connectivity index (χ3v) is 2.94. The van der Waals surface area contributed by atoms with Crippen LogP contribution in [0.2, 0.25) is 0 Å². The zero-order valence-electron chi connectivity index (χ0n) is 5.90. The molecule has 12 heavy (non-hydrogen) atoms. The van der Waals surface area contributed by atoms with E-state index in [0.29, 0.717) is 0 Å². The number of aliphatic hydroxyl groups excluding tert-OH is 2. The Balaban J connectivity index is 2.86. The van der Waals surface area contributed by atoms with Crippen molar-refractivity contribution in [3.8, 4) is 0 Å². The van der Waals surface area contributed by atoms with E-state index in [2.05, 4.69) is 0 Å². The number of nitrogens with zero attached hydrogens (tertiary/aromatic N) is 1. The molecule has 0 amide bonds. The Morgan fingerprint density at radius 2 is 1.83 bits per heavy atom. The molecule has 0 spiro atoms. The zero-order valence-corrected chi connectivity index (χ0v) is 6.72. The first-order chi connectivity index (χ1) is 5.34. The van der Waals surface area contributed by atoms with Crippen LogP contribution >= 0.6 is 0 Å². The van der Waals surface area contributed by atoms with Crippen LogP contribution in [0.3, 0.4) is 0 Å². The number of aliphatic hydroxyl groups is 2. The van der Waals surface area contributed by atoms with E-state index in [0.717, 1.165) is 0 Å². The maximum Gasteiger partial charge on any atom is 0.271 e. The zero-order chi connectivity index (χ0) is 9.52. The van der Waals surface area contributed by atoms with Crippen LogP contribution in [0.15, 0.2) is 0 Å². The number of hydrogen-bond acceptors (Lipinski definition) is 6. The van der Waals surface area contributed by atoms with Crippen LogP contribution in [-0.2, 0) is 10.1 Å². The van der Waals surface area contributed by atoms with Gasteiger partial charge in [-0.15, -0.1) is 5.06 Å². The van der Waals surface area contributed by atoms with Gasteiger partial charge in [0.15, 0.2) is 6.23 Å². The monoisotopic (exact) mass is 199 g/mol. The first-order valence-corrected chi connectivity index (χ1v) is 4.64. The van der Waals surface area contributed by atoms with Crippen LogP contribution < -0.4 is 0 Å². The standard InChI is InChI=1S/C4H9NO6S/c6-3-1-2(12(9,10)11)4(7)5(3)8/h2-4,6-8H,1H2,(H,9,10,11). The van der Waals surface area contributed by atoms with Gasteiger partial charge in [-0.1, -0.05) is 0 Å². The molecule has 0 saturated carbocycles. The van der Waals surface area contributed by atoms with Gasteiger partial charge in [0.05, 0.1) is 0 Å². The predicted molar refractivity (Wildman–Crippen MR) is 35.6 cm³/mol. The molecule has 4 N–H and O–H groups in total. The molecule has 0 aromatic rings. The van der Waals surface area contributed by atoms with Crippen molar-refractivity contribution in [2.75, 3.05) is 0 Å². The summed E-state index contributed by atoms with van der Waals surface area (Å²) >= 11 is 0. The van der Waals surface area contributed by atoms with E-state index in [9.17, 15) is 8.42 Å². The fourth-order valence-corrected chi connectivity index (χ4v) is 1.91. The summed E-state index contributed by atoms with van der Waals surface area (Å²) in [5.74, 6) is 0. The molecule has 72 valence electrons. The van der Waals surface area contributed by atoms with Crippen molar-refractivity contribution >= 4 is 10.1 Å². The molecule has 1 heterocycles. The number of hydroxylamine groups is 2. The average molecular weight is 199 g/mol. The summed E-state index contributed by atoms with van der Waals surface area (Å²) in [6.07, 6.45) is -3.67. The highest BCUT2D eigenvalue weighted by atomic mass is 32.2. The summed E-state index contributed by atoms with van der Waals surface area (Å²) in [6.45, 7) is 0. The SMILES string of the molecule is O=S(=O)(O)C1CC(O)N(O)C1O. The van der Waals surface area contributed by atoms with E-state index >= 15 is 0 Å². The highest BCUT2D eigenvalue weighted by molar-refractivity contribution is 7.86. The van der Waals surface area contributed by atoms with Crippen LogP contribution in [0.25, 0.3) is 0 Å². The fourth-order valence-electron chi connectivity index (χ4n) is 1.06. The van der Waals surface area contributed by atoms with Gasteiger partial charge >= 0.3 is 0 Å². The van der Waals surface area contributed by atoms with Crippen molar-refractivity contribution < 1.29 is 28.4 Å². The largest absolute Gasteiger partial charge is 0.376 e. The quantitative estimate of drug-likeness (QED) is 0.360. The van der Waals surface area contributed by atoms with Crippen LogP contribution in [0.4, 0.5) is 0 Å². The van der Waals surface area contributed by atoms with E-state index < -0.39 is 34.2 Å². The van der Waals surface area contributed by atoms with E-state index in [4.69, 9.17) is 20.0 Å².